The van der Waals surface area contributed by atoms with Crippen molar-refractivity contribution in [2.24, 2.45) is 5.84 Å². The summed E-state index contributed by atoms with van der Waals surface area (Å²) in [6, 6.07) is 0.206. The topological polar surface area (TPSA) is 69.4 Å². The fourth-order valence-electron chi connectivity index (χ4n) is 1.55. The fourth-order valence-corrected chi connectivity index (χ4v) is 2.57. The summed E-state index contributed by atoms with van der Waals surface area (Å²) < 4.78 is 10.3. The molecule has 1 aromatic heterocycles. The van der Waals surface area contributed by atoms with Crippen molar-refractivity contribution < 1.29 is 9.47 Å². The number of methoxy groups -OCH3 is 1. The molecule has 0 spiro atoms. The van der Waals surface area contributed by atoms with Crippen molar-refractivity contribution in [2.45, 2.75) is 32.7 Å². The highest BCUT2D eigenvalue weighted by Gasteiger charge is 2.11. The minimum atomic E-state index is 0.206. The summed E-state index contributed by atoms with van der Waals surface area (Å²) >= 11 is 1.74. The second-order valence-corrected chi connectivity index (χ2v) is 5.50. The average Bonchev–Trinajstić information content (AvgIpc) is 2.66. The number of aryl methyl sites for hydroxylation is 2. The van der Waals surface area contributed by atoms with Crippen LogP contribution in [0.2, 0.25) is 0 Å². The molecule has 1 heterocycles. The molecule has 18 heavy (non-hydrogen) atoms. The van der Waals surface area contributed by atoms with E-state index in [9.17, 15) is 0 Å². The normalized spacial score (nSPS) is 12.9. The zero-order valence-corrected chi connectivity index (χ0v) is 12.2. The van der Waals surface area contributed by atoms with Gasteiger partial charge < -0.3 is 9.47 Å². The minimum absolute atomic E-state index is 0.206. The lowest BCUT2D eigenvalue weighted by Crippen LogP contribution is -2.37. The van der Waals surface area contributed by atoms with Gasteiger partial charge >= 0.3 is 0 Å². The number of thiazole rings is 1. The summed E-state index contributed by atoms with van der Waals surface area (Å²) in [6.07, 6.45) is 1.72. The summed E-state index contributed by atoms with van der Waals surface area (Å²) in [7, 11) is 1.67. The van der Waals surface area contributed by atoms with Crippen LogP contribution in [0.1, 0.15) is 22.0 Å². The lowest BCUT2D eigenvalue weighted by Gasteiger charge is -2.14. The molecule has 0 bridgehead atoms. The molecule has 0 fully saturated rings. The summed E-state index contributed by atoms with van der Waals surface area (Å²) in [5.41, 5.74) is 3.94. The van der Waals surface area contributed by atoms with E-state index in [-0.39, 0.29) is 6.04 Å². The Labute approximate surface area is 113 Å². The van der Waals surface area contributed by atoms with Crippen LogP contribution >= 0.6 is 11.3 Å². The van der Waals surface area contributed by atoms with E-state index >= 15 is 0 Å². The second kappa shape index (κ2) is 8.55. The van der Waals surface area contributed by atoms with Crippen molar-refractivity contribution in [3.05, 3.63) is 15.6 Å². The first-order valence-corrected chi connectivity index (χ1v) is 6.94. The van der Waals surface area contributed by atoms with E-state index in [2.05, 4.69) is 17.3 Å². The molecule has 0 amide bonds. The van der Waals surface area contributed by atoms with Crippen LogP contribution in [0.4, 0.5) is 0 Å². The van der Waals surface area contributed by atoms with E-state index in [4.69, 9.17) is 15.3 Å². The molecular weight excluding hydrogens is 250 g/mol. The number of ether oxygens (including phenoxy) is 2. The zero-order valence-electron chi connectivity index (χ0n) is 11.4. The monoisotopic (exact) mass is 273 g/mol. The number of nitrogens with one attached hydrogen (secondary N) is 1. The van der Waals surface area contributed by atoms with Crippen LogP contribution in [-0.4, -0.2) is 38.0 Å². The Morgan fingerprint density at radius 3 is 2.67 bits per heavy atom. The van der Waals surface area contributed by atoms with Crippen LogP contribution < -0.4 is 11.3 Å². The largest absolute Gasteiger partial charge is 0.382 e. The molecule has 0 aliphatic rings. The van der Waals surface area contributed by atoms with Gasteiger partial charge in [-0.1, -0.05) is 0 Å². The van der Waals surface area contributed by atoms with E-state index in [1.807, 2.05) is 6.92 Å². The Morgan fingerprint density at radius 1 is 1.33 bits per heavy atom. The fraction of sp³-hybridized carbons (Fsp3) is 0.750. The van der Waals surface area contributed by atoms with E-state index < -0.39 is 0 Å². The van der Waals surface area contributed by atoms with Gasteiger partial charge in [0.05, 0.1) is 23.9 Å². The molecule has 3 N–H and O–H groups in total. The molecular formula is C12H23N3O2S. The summed E-state index contributed by atoms with van der Waals surface area (Å²) in [5.74, 6) is 5.55. The zero-order chi connectivity index (χ0) is 13.4. The molecule has 0 aromatic carbocycles. The maximum atomic E-state index is 5.55. The predicted molar refractivity (Wildman–Crippen MR) is 73.7 cm³/mol. The van der Waals surface area contributed by atoms with Crippen molar-refractivity contribution in [1.29, 1.82) is 0 Å². The van der Waals surface area contributed by atoms with Gasteiger partial charge in [0.2, 0.25) is 0 Å². The van der Waals surface area contributed by atoms with Crippen LogP contribution in [0.5, 0.6) is 0 Å². The smallest absolute Gasteiger partial charge is 0.0946 e. The van der Waals surface area contributed by atoms with Gasteiger partial charge in [0.25, 0.3) is 0 Å². The first kappa shape index (κ1) is 15.5. The molecule has 1 aromatic rings. The van der Waals surface area contributed by atoms with Crippen LogP contribution in [0, 0.1) is 13.8 Å². The number of hydrazine groups is 1. The summed E-state index contributed by atoms with van der Waals surface area (Å²) in [4.78, 5) is 5.79. The Bertz CT molecular complexity index is 325. The summed E-state index contributed by atoms with van der Waals surface area (Å²) in [5, 5.41) is 1.13. The lowest BCUT2D eigenvalue weighted by molar-refractivity contribution is 0.0658. The molecule has 1 rings (SSSR count). The molecule has 0 radical (unpaired) electrons. The minimum Gasteiger partial charge on any atom is -0.382 e. The van der Waals surface area contributed by atoms with Gasteiger partial charge in [-0.25, -0.2) is 4.98 Å². The SMILES string of the molecule is COCCOCCC(Cc1nc(C)c(C)s1)NN. The first-order valence-electron chi connectivity index (χ1n) is 6.13. The molecule has 104 valence electrons. The number of aromatic nitrogens is 1. The van der Waals surface area contributed by atoms with Gasteiger partial charge in [-0.05, 0) is 20.3 Å². The van der Waals surface area contributed by atoms with E-state index in [0.29, 0.717) is 19.8 Å². The third kappa shape index (κ3) is 5.41. The summed E-state index contributed by atoms with van der Waals surface area (Å²) in [6.45, 7) is 6.07. The Morgan fingerprint density at radius 2 is 2.11 bits per heavy atom. The molecule has 0 saturated carbocycles. The second-order valence-electron chi connectivity index (χ2n) is 4.21. The highest BCUT2D eigenvalue weighted by atomic mass is 32.1. The Kier molecular flexibility index (Phi) is 7.38. The van der Waals surface area contributed by atoms with Crippen molar-refractivity contribution in [2.75, 3.05) is 26.9 Å². The quantitative estimate of drug-likeness (QED) is 0.402. The standard InChI is InChI=1S/C12H23N3O2S/c1-9-10(2)18-12(14-9)8-11(15-13)4-5-17-7-6-16-3/h11,15H,4-8,13H2,1-3H3. The first-order chi connectivity index (χ1) is 8.67. The third-order valence-electron chi connectivity index (χ3n) is 2.77. The Balaban J connectivity index is 2.28. The van der Waals surface area contributed by atoms with Gasteiger partial charge in [0, 0.05) is 31.1 Å². The van der Waals surface area contributed by atoms with E-state index in [1.54, 1.807) is 18.4 Å². The number of nitrogens with two attached hydrogens (primary N) is 1. The van der Waals surface area contributed by atoms with Gasteiger partial charge in [-0.3, -0.25) is 11.3 Å². The van der Waals surface area contributed by atoms with Crippen LogP contribution in [0.15, 0.2) is 0 Å². The molecule has 6 heteroatoms. The highest BCUT2D eigenvalue weighted by Crippen LogP contribution is 2.18. The van der Waals surface area contributed by atoms with Gasteiger partial charge in [-0.2, -0.15) is 0 Å². The van der Waals surface area contributed by atoms with Crippen LogP contribution in [0.25, 0.3) is 0 Å². The number of nitrogens with zero attached hydrogens (tertiary/aromatic N) is 1. The molecule has 0 saturated heterocycles. The maximum Gasteiger partial charge on any atom is 0.0946 e. The molecule has 0 aliphatic carbocycles. The van der Waals surface area contributed by atoms with E-state index in [0.717, 1.165) is 23.5 Å². The van der Waals surface area contributed by atoms with Crippen molar-refractivity contribution in [3.63, 3.8) is 0 Å². The van der Waals surface area contributed by atoms with Gasteiger partial charge in [0.15, 0.2) is 0 Å². The third-order valence-corrected chi connectivity index (χ3v) is 3.87. The maximum absolute atomic E-state index is 5.55. The molecule has 0 aliphatic heterocycles. The van der Waals surface area contributed by atoms with Crippen molar-refractivity contribution in [1.82, 2.24) is 10.4 Å². The number of rotatable bonds is 9. The molecule has 1 unspecified atom stereocenters. The molecule has 1 atom stereocenters. The Hall–Kier alpha value is -0.530. The highest BCUT2D eigenvalue weighted by molar-refractivity contribution is 7.11. The van der Waals surface area contributed by atoms with Crippen molar-refractivity contribution in [3.8, 4) is 0 Å². The lowest BCUT2D eigenvalue weighted by atomic mass is 10.1. The van der Waals surface area contributed by atoms with Gasteiger partial charge in [0.1, 0.15) is 0 Å². The average molecular weight is 273 g/mol. The predicted octanol–water partition coefficient (Wildman–Crippen LogP) is 1.19. The van der Waals surface area contributed by atoms with Crippen LogP contribution in [-0.2, 0) is 15.9 Å². The van der Waals surface area contributed by atoms with Gasteiger partial charge in [-0.15, -0.1) is 11.3 Å². The number of hydrogen-bond acceptors (Lipinski definition) is 6. The number of hydrogen-bond donors (Lipinski definition) is 2. The van der Waals surface area contributed by atoms with Crippen molar-refractivity contribution >= 4 is 11.3 Å². The van der Waals surface area contributed by atoms with E-state index in [1.165, 1.54) is 4.88 Å². The molecule has 5 nitrogen and oxygen atoms in total. The van der Waals surface area contributed by atoms with Crippen LogP contribution in [0.3, 0.4) is 0 Å².